The predicted octanol–water partition coefficient (Wildman–Crippen LogP) is 2.89. The van der Waals surface area contributed by atoms with Crippen LogP contribution >= 0.6 is 0 Å². The fraction of sp³-hybridized carbons (Fsp3) is 0.357. The van der Waals surface area contributed by atoms with E-state index in [1.807, 2.05) is 18.3 Å². The molecule has 1 aliphatic carbocycles. The lowest BCUT2D eigenvalue weighted by atomic mass is 9.82. The summed E-state index contributed by atoms with van der Waals surface area (Å²) in [4.78, 5) is 0. The zero-order valence-corrected chi connectivity index (χ0v) is 9.94. The first-order chi connectivity index (χ1) is 8.38. The van der Waals surface area contributed by atoms with Gasteiger partial charge in [-0.1, -0.05) is 12.1 Å². The van der Waals surface area contributed by atoms with Gasteiger partial charge in [0.15, 0.2) is 0 Å². The third-order valence-electron chi connectivity index (χ3n) is 3.55. The van der Waals surface area contributed by atoms with Gasteiger partial charge in [-0.05, 0) is 37.0 Å². The minimum absolute atomic E-state index is 0.489. The fourth-order valence-electron chi connectivity index (χ4n) is 2.64. The highest BCUT2D eigenvalue weighted by molar-refractivity contribution is 5.38. The molecule has 1 aromatic carbocycles. The Kier molecular flexibility index (Phi) is 2.59. The predicted molar refractivity (Wildman–Crippen MR) is 66.4 cm³/mol. The molecular formula is C14H16N2O. The molecule has 3 rings (SSSR count). The van der Waals surface area contributed by atoms with Crippen LogP contribution in [0.25, 0.3) is 0 Å². The Morgan fingerprint density at radius 2 is 2.12 bits per heavy atom. The Bertz CT molecular complexity index is 501. The van der Waals surface area contributed by atoms with E-state index in [4.69, 9.17) is 4.74 Å². The third kappa shape index (κ3) is 1.82. The maximum Gasteiger partial charge on any atom is 0.118 e. The van der Waals surface area contributed by atoms with E-state index >= 15 is 0 Å². The Morgan fingerprint density at radius 3 is 2.88 bits per heavy atom. The van der Waals surface area contributed by atoms with Crippen LogP contribution in [0.3, 0.4) is 0 Å². The highest BCUT2D eigenvalue weighted by Gasteiger charge is 2.23. The van der Waals surface area contributed by atoms with Gasteiger partial charge in [0, 0.05) is 17.7 Å². The number of aryl methyl sites for hydroxylation is 1. The minimum Gasteiger partial charge on any atom is -0.497 e. The summed E-state index contributed by atoms with van der Waals surface area (Å²) in [5, 5.41) is 7.30. The van der Waals surface area contributed by atoms with Gasteiger partial charge in [-0.15, -0.1) is 0 Å². The molecule has 1 aromatic heterocycles. The molecule has 3 nitrogen and oxygen atoms in total. The number of aromatic nitrogens is 2. The quantitative estimate of drug-likeness (QED) is 0.858. The Hall–Kier alpha value is -1.77. The largest absolute Gasteiger partial charge is 0.497 e. The van der Waals surface area contributed by atoms with Crippen LogP contribution in [0.5, 0.6) is 5.75 Å². The lowest BCUT2D eigenvalue weighted by molar-refractivity contribution is 0.414. The van der Waals surface area contributed by atoms with E-state index in [-0.39, 0.29) is 0 Å². The molecule has 0 amide bonds. The second-order valence-corrected chi connectivity index (χ2v) is 4.51. The van der Waals surface area contributed by atoms with E-state index in [0.29, 0.717) is 5.92 Å². The van der Waals surface area contributed by atoms with Gasteiger partial charge in [-0.3, -0.25) is 5.10 Å². The van der Waals surface area contributed by atoms with Crippen molar-refractivity contribution in [3.05, 3.63) is 47.3 Å². The standard InChI is InChI=1S/C14H16N2O/c1-17-11-7-5-10(6-8-11)12-3-2-4-14-13(12)9-15-16-14/h5-9,12H,2-4H2,1H3,(H,15,16). The Labute approximate surface area is 101 Å². The van der Waals surface area contributed by atoms with Gasteiger partial charge < -0.3 is 4.74 Å². The summed E-state index contributed by atoms with van der Waals surface area (Å²) in [6, 6.07) is 8.38. The summed E-state index contributed by atoms with van der Waals surface area (Å²) in [6.45, 7) is 0. The summed E-state index contributed by atoms with van der Waals surface area (Å²) < 4.78 is 5.19. The van der Waals surface area contributed by atoms with Crippen LogP contribution in [0.2, 0.25) is 0 Å². The van der Waals surface area contributed by atoms with Gasteiger partial charge in [0.05, 0.1) is 12.8 Å². The van der Waals surface area contributed by atoms with Gasteiger partial charge in [0.1, 0.15) is 5.75 Å². The van der Waals surface area contributed by atoms with Crippen LogP contribution < -0.4 is 4.74 Å². The van der Waals surface area contributed by atoms with Crippen molar-refractivity contribution in [2.75, 3.05) is 7.11 Å². The molecule has 0 aliphatic heterocycles. The average Bonchev–Trinajstić information content (AvgIpc) is 2.87. The van der Waals surface area contributed by atoms with E-state index in [0.717, 1.165) is 12.2 Å². The molecule has 1 N–H and O–H groups in total. The van der Waals surface area contributed by atoms with Gasteiger partial charge in [-0.2, -0.15) is 5.10 Å². The molecule has 88 valence electrons. The first kappa shape index (κ1) is 10.4. The van der Waals surface area contributed by atoms with Crippen molar-refractivity contribution >= 4 is 0 Å². The number of fused-ring (bicyclic) bond motifs is 1. The highest BCUT2D eigenvalue weighted by Crippen LogP contribution is 2.35. The van der Waals surface area contributed by atoms with Gasteiger partial charge >= 0.3 is 0 Å². The van der Waals surface area contributed by atoms with Gasteiger partial charge in [0.2, 0.25) is 0 Å². The summed E-state index contributed by atoms with van der Waals surface area (Å²) in [5.74, 6) is 1.40. The maximum absolute atomic E-state index is 5.19. The average molecular weight is 228 g/mol. The normalized spacial score (nSPS) is 18.8. The number of benzene rings is 1. The lowest BCUT2D eigenvalue weighted by Gasteiger charge is -2.22. The molecule has 3 heteroatoms. The van der Waals surface area contributed by atoms with Gasteiger partial charge in [-0.25, -0.2) is 0 Å². The number of H-pyrrole nitrogens is 1. The molecule has 0 spiro atoms. The molecular weight excluding hydrogens is 212 g/mol. The Morgan fingerprint density at radius 1 is 1.29 bits per heavy atom. The van der Waals surface area contributed by atoms with Crippen LogP contribution in [0.1, 0.15) is 35.6 Å². The molecule has 0 saturated heterocycles. The number of hydrogen-bond acceptors (Lipinski definition) is 2. The molecule has 0 radical (unpaired) electrons. The van der Waals surface area contributed by atoms with Crippen molar-refractivity contribution in [3.63, 3.8) is 0 Å². The molecule has 1 atom stereocenters. The van der Waals surface area contributed by atoms with Crippen molar-refractivity contribution in [2.24, 2.45) is 0 Å². The number of nitrogens with zero attached hydrogens (tertiary/aromatic N) is 1. The van der Waals surface area contributed by atoms with Gasteiger partial charge in [0.25, 0.3) is 0 Å². The second-order valence-electron chi connectivity index (χ2n) is 4.51. The monoisotopic (exact) mass is 228 g/mol. The van der Waals surface area contributed by atoms with Crippen molar-refractivity contribution < 1.29 is 4.74 Å². The summed E-state index contributed by atoms with van der Waals surface area (Å²) in [5.41, 5.74) is 3.95. The Balaban J connectivity index is 1.95. The van der Waals surface area contributed by atoms with Crippen molar-refractivity contribution in [3.8, 4) is 5.75 Å². The van der Waals surface area contributed by atoms with Crippen LogP contribution in [-0.2, 0) is 6.42 Å². The highest BCUT2D eigenvalue weighted by atomic mass is 16.5. The molecule has 0 fully saturated rings. The smallest absolute Gasteiger partial charge is 0.118 e. The van der Waals surface area contributed by atoms with E-state index in [1.165, 1.54) is 29.7 Å². The second kappa shape index (κ2) is 4.24. The number of hydrogen-bond donors (Lipinski definition) is 1. The zero-order chi connectivity index (χ0) is 11.7. The molecule has 1 aliphatic rings. The number of aromatic amines is 1. The molecule has 1 unspecified atom stereocenters. The van der Waals surface area contributed by atoms with Crippen LogP contribution in [0.15, 0.2) is 30.5 Å². The SMILES string of the molecule is COc1ccc(C2CCCc3n[nH]cc32)cc1. The molecule has 17 heavy (non-hydrogen) atoms. The van der Waals surface area contributed by atoms with E-state index < -0.39 is 0 Å². The van der Waals surface area contributed by atoms with Crippen molar-refractivity contribution in [1.29, 1.82) is 0 Å². The molecule has 1 heterocycles. The fourth-order valence-corrected chi connectivity index (χ4v) is 2.64. The number of nitrogens with one attached hydrogen (secondary N) is 1. The maximum atomic E-state index is 5.19. The van der Waals surface area contributed by atoms with Crippen LogP contribution in [0, 0.1) is 0 Å². The number of methoxy groups -OCH3 is 1. The van der Waals surface area contributed by atoms with Crippen LogP contribution in [0.4, 0.5) is 0 Å². The van der Waals surface area contributed by atoms with E-state index in [2.05, 4.69) is 22.3 Å². The topological polar surface area (TPSA) is 37.9 Å². The van der Waals surface area contributed by atoms with E-state index in [9.17, 15) is 0 Å². The summed E-state index contributed by atoms with van der Waals surface area (Å²) in [7, 11) is 1.70. The number of ether oxygens (including phenoxy) is 1. The molecule has 0 saturated carbocycles. The van der Waals surface area contributed by atoms with E-state index in [1.54, 1.807) is 7.11 Å². The third-order valence-corrected chi connectivity index (χ3v) is 3.55. The number of rotatable bonds is 2. The summed E-state index contributed by atoms with van der Waals surface area (Å²) in [6.07, 6.45) is 5.57. The zero-order valence-electron chi connectivity index (χ0n) is 9.94. The minimum atomic E-state index is 0.489. The molecule has 0 bridgehead atoms. The summed E-state index contributed by atoms with van der Waals surface area (Å²) >= 11 is 0. The van der Waals surface area contributed by atoms with Crippen LogP contribution in [-0.4, -0.2) is 17.3 Å². The molecule has 2 aromatic rings. The van der Waals surface area contributed by atoms with Crippen molar-refractivity contribution in [2.45, 2.75) is 25.2 Å². The first-order valence-corrected chi connectivity index (χ1v) is 6.05. The van der Waals surface area contributed by atoms with Crippen molar-refractivity contribution in [1.82, 2.24) is 10.2 Å². The first-order valence-electron chi connectivity index (χ1n) is 6.05. The lowest BCUT2D eigenvalue weighted by Crippen LogP contribution is -2.09.